The molecule has 176 valence electrons. The molecule has 1 saturated heterocycles. The maximum atomic E-state index is 5.65. The highest BCUT2D eigenvalue weighted by Gasteiger charge is 2.29. The number of hydrogen-bond acceptors (Lipinski definition) is 5. The lowest BCUT2D eigenvalue weighted by Crippen LogP contribution is -2.53. The molecule has 0 atom stereocenters. The van der Waals surface area contributed by atoms with Gasteiger partial charge in [-0.1, -0.05) is 25.8 Å². The predicted molar refractivity (Wildman–Crippen MR) is 136 cm³/mol. The van der Waals surface area contributed by atoms with Gasteiger partial charge in [-0.25, -0.2) is 0 Å². The fraction of sp³-hybridized carbons (Fsp3) is 0.696. The Morgan fingerprint density at radius 1 is 1.00 bits per heavy atom. The van der Waals surface area contributed by atoms with Crippen LogP contribution in [0.15, 0.2) is 17.1 Å². The molecule has 1 aromatic rings. The number of ether oxygens (including phenoxy) is 3. The largest absolute Gasteiger partial charge is 0.493 e. The van der Waals surface area contributed by atoms with Crippen LogP contribution in [0.2, 0.25) is 0 Å². The molecule has 0 aromatic heterocycles. The Labute approximate surface area is 204 Å². The van der Waals surface area contributed by atoms with Crippen LogP contribution in [-0.4, -0.2) is 76.9 Å². The summed E-state index contributed by atoms with van der Waals surface area (Å²) in [7, 11) is 6.86. The minimum atomic E-state index is 0. The van der Waals surface area contributed by atoms with E-state index in [9.17, 15) is 0 Å². The molecule has 7 nitrogen and oxygen atoms in total. The molecule has 0 unspecified atom stereocenters. The third kappa shape index (κ3) is 6.31. The van der Waals surface area contributed by atoms with Gasteiger partial charge < -0.3 is 24.4 Å². The Balaban J connectivity index is 0.00000341. The average molecular weight is 546 g/mol. The smallest absolute Gasteiger partial charge is 0.203 e. The summed E-state index contributed by atoms with van der Waals surface area (Å²) < 4.78 is 16.6. The summed E-state index contributed by atoms with van der Waals surface area (Å²) >= 11 is 0. The summed E-state index contributed by atoms with van der Waals surface area (Å²) in [6.45, 7) is 8.13. The highest BCUT2D eigenvalue weighted by atomic mass is 127. The Bertz CT molecular complexity index is 730. The summed E-state index contributed by atoms with van der Waals surface area (Å²) in [6, 6.07) is 4.01. The number of hydrogen-bond donors (Lipinski definition) is 1. The maximum Gasteiger partial charge on any atom is 0.203 e. The van der Waals surface area contributed by atoms with Gasteiger partial charge in [0.1, 0.15) is 0 Å². The van der Waals surface area contributed by atoms with E-state index in [0.717, 1.165) is 56.5 Å². The molecule has 2 fully saturated rings. The first-order valence-corrected chi connectivity index (χ1v) is 11.0. The van der Waals surface area contributed by atoms with Gasteiger partial charge in [-0.3, -0.25) is 9.89 Å². The molecule has 8 heteroatoms. The molecule has 1 aliphatic heterocycles. The van der Waals surface area contributed by atoms with Crippen LogP contribution in [-0.2, 0) is 6.54 Å². The van der Waals surface area contributed by atoms with Gasteiger partial charge in [0.05, 0.1) is 21.3 Å². The van der Waals surface area contributed by atoms with Gasteiger partial charge >= 0.3 is 0 Å². The molecule has 31 heavy (non-hydrogen) atoms. The van der Waals surface area contributed by atoms with Gasteiger partial charge in [0, 0.05) is 51.9 Å². The number of guanidine groups is 1. The fourth-order valence-corrected chi connectivity index (χ4v) is 4.68. The normalized spacial score (nSPS) is 19.0. The standard InChI is InChI=1S/C23H38N4O3.HI/c1-23(10-6-7-11-23)17-25-22(24-2)27-14-12-26(13-15-27)16-18-8-9-19(28-3)21(30-5)20(18)29-4;/h8-9H,6-7,10-17H2,1-5H3,(H,24,25);1H. The first kappa shape index (κ1) is 25.8. The Kier molecular flexibility index (Phi) is 9.99. The fourth-order valence-electron chi connectivity index (χ4n) is 4.68. The van der Waals surface area contributed by atoms with Crippen molar-refractivity contribution in [3.8, 4) is 17.2 Å². The van der Waals surface area contributed by atoms with Crippen molar-refractivity contribution in [2.24, 2.45) is 10.4 Å². The second-order valence-electron chi connectivity index (χ2n) is 8.68. The van der Waals surface area contributed by atoms with Crippen molar-refractivity contribution in [3.63, 3.8) is 0 Å². The highest BCUT2D eigenvalue weighted by molar-refractivity contribution is 14.0. The highest BCUT2D eigenvalue weighted by Crippen LogP contribution is 2.40. The van der Waals surface area contributed by atoms with Gasteiger partial charge in [-0.15, -0.1) is 24.0 Å². The van der Waals surface area contributed by atoms with E-state index >= 15 is 0 Å². The molecular formula is C23H39IN4O3. The molecule has 2 aliphatic rings. The minimum absolute atomic E-state index is 0. The predicted octanol–water partition coefficient (Wildman–Crippen LogP) is 3.60. The minimum Gasteiger partial charge on any atom is -0.493 e. The first-order valence-electron chi connectivity index (χ1n) is 11.0. The Morgan fingerprint density at radius 3 is 2.19 bits per heavy atom. The molecule has 0 amide bonds. The first-order chi connectivity index (χ1) is 14.5. The summed E-state index contributed by atoms with van der Waals surface area (Å²) in [4.78, 5) is 9.37. The number of methoxy groups -OCH3 is 3. The van der Waals surface area contributed by atoms with Crippen LogP contribution >= 0.6 is 24.0 Å². The van der Waals surface area contributed by atoms with Gasteiger partial charge in [0.25, 0.3) is 0 Å². The lowest BCUT2D eigenvalue weighted by molar-refractivity contribution is 0.169. The lowest BCUT2D eigenvalue weighted by Gasteiger charge is -2.37. The van der Waals surface area contributed by atoms with E-state index in [1.54, 1.807) is 21.3 Å². The average Bonchev–Trinajstić information content (AvgIpc) is 3.21. The van der Waals surface area contributed by atoms with E-state index in [2.05, 4.69) is 33.1 Å². The van der Waals surface area contributed by atoms with Gasteiger partial charge in [-0.2, -0.15) is 0 Å². The quantitative estimate of drug-likeness (QED) is 0.321. The third-order valence-electron chi connectivity index (χ3n) is 6.55. The van der Waals surface area contributed by atoms with Crippen LogP contribution in [0, 0.1) is 5.41 Å². The van der Waals surface area contributed by atoms with Crippen LogP contribution in [0.3, 0.4) is 0 Å². The molecule has 1 aromatic carbocycles. The molecule has 1 N–H and O–H groups in total. The number of rotatable bonds is 7. The number of nitrogens with zero attached hydrogens (tertiary/aromatic N) is 3. The van der Waals surface area contributed by atoms with E-state index in [1.807, 2.05) is 13.1 Å². The molecule has 1 aliphatic carbocycles. The van der Waals surface area contributed by atoms with Crippen molar-refractivity contribution in [1.82, 2.24) is 15.1 Å². The van der Waals surface area contributed by atoms with Crippen LogP contribution in [0.25, 0.3) is 0 Å². The van der Waals surface area contributed by atoms with Crippen molar-refractivity contribution in [2.75, 3.05) is 61.1 Å². The monoisotopic (exact) mass is 546 g/mol. The zero-order chi connectivity index (χ0) is 21.6. The second-order valence-corrected chi connectivity index (χ2v) is 8.68. The van der Waals surface area contributed by atoms with Gasteiger partial charge in [0.2, 0.25) is 5.75 Å². The molecule has 0 radical (unpaired) electrons. The van der Waals surface area contributed by atoms with E-state index in [0.29, 0.717) is 16.9 Å². The van der Waals surface area contributed by atoms with Crippen LogP contribution in [0.4, 0.5) is 0 Å². The summed E-state index contributed by atoms with van der Waals surface area (Å²) in [5.74, 6) is 3.13. The number of halogens is 1. The number of aliphatic imine (C=N–C) groups is 1. The third-order valence-corrected chi connectivity index (χ3v) is 6.55. The van der Waals surface area contributed by atoms with Crippen molar-refractivity contribution >= 4 is 29.9 Å². The SMILES string of the molecule is CN=C(NCC1(C)CCCC1)N1CCN(Cc2ccc(OC)c(OC)c2OC)CC1.I. The molecule has 0 bridgehead atoms. The zero-order valence-corrected chi connectivity index (χ0v) is 22.0. The zero-order valence-electron chi connectivity index (χ0n) is 19.7. The Hall–Kier alpha value is -1.42. The molecule has 3 rings (SSSR count). The number of nitrogens with one attached hydrogen (secondary N) is 1. The summed E-state index contributed by atoms with van der Waals surface area (Å²) in [5, 5.41) is 3.64. The Morgan fingerprint density at radius 2 is 1.65 bits per heavy atom. The topological polar surface area (TPSA) is 58.6 Å². The van der Waals surface area contributed by atoms with Crippen LogP contribution in [0.1, 0.15) is 38.2 Å². The van der Waals surface area contributed by atoms with Crippen molar-refractivity contribution in [1.29, 1.82) is 0 Å². The van der Waals surface area contributed by atoms with Crippen LogP contribution in [0.5, 0.6) is 17.2 Å². The molecular weight excluding hydrogens is 507 g/mol. The maximum absolute atomic E-state index is 5.65. The van der Waals surface area contributed by atoms with E-state index in [4.69, 9.17) is 14.2 Å². The molecule has 1 saturated carbocycles. The number of piperazine rings is 1. The molecule has 1 heterocycles. The van der Waals surface area contributed by atoms with Crippen LogP contribution < -0.4 is 19.5 Å². The van der Waals surface area contributed by atoms with Crippen molar-refractivity contribution < 1.29 is 14.2 Å². The second kappa shape index (κ2) is 12.0. The van der Waals surface area contributed by atoms with E-state index in [1.165, 1.54) is 25.7 Å². The van der Waals surface area contributed by atoms with Gasteiger partial charge in [-0.05, 0) is 24.3 Å². The van der Waals surface area contributed by atoms with E-state index < -0.39 is 0 Å². The van der Waals surface area contributed by atoms with Crippen molar-refractivity contribution in [2.45, 2.75) is 39.2 Å². The lowest BCUT2D eigenvalue weighted by atomic mass is 9.89. The summed E-state index contributed by atoms with van der Waals surface area (Å²) in [5.41, 5.74) is 1.53. The number of benzene rings is 1. The summed E-state index contributed by atoms with van der Waals surface area (Å²) in [6.07, 6.45) is 5.35. The van der Waals surface area contributed by atoms with Gasteiger partial charge in [0.15, 0.2) is 17.5 Å². The molecule has 0 spiro atoms. The van der Waals surface area contributed by atoms with Crippen molar-refractivity contribution in [3.05, 3.63) is 17.7 Å². The van der Waals surface area contributed by atoms with E-state index in [-0.39, 0.29) is 24.0 Å².